The van der Waals surface area contributed by atoms with E-state index in [1.165, 1.54) is 0 Å². The molecular weight excluding hydrogens is 390 g/mol. The molecule has 0 radical (unpaired) electrons. The van der Waals surface area contributed by atoms with Crippen LogP contribution in [0, 0.1) is 0 Å². The number of carbonyl (C=O) groups excluding carboxylic acids is 2. The zero-order valence-electron chi connectivity index (χ0n) is 18.0. The summed E-state index contributed by atoms with van der Waals surface area (Å²) in [6, 6.07) is 18.4. The number of para-hydroxylation sites is 1. The molecule has 0 aliphatic carbocycles. The van der Waals surface area contributed by atoms with Gasteiger partial charge >= 0.3 is 0 Å². The van der Waals surface area contributed by atoms with Crippen LogP contribution in [0.25, 0.3) is 0 Å². The Hall–Kier alpha value is -3.67. The van der Waals surface area contributed by atoms with E-state index in [0.29, 0.717) is 23.5 Å². The Morgan fingerprint density at radius 3 is 2.45 bits per heavy atom. The number of amides is 2. The van der Waals surface area contributed by atoms with Crippen molar-refractivity contribution >= 4 is 17.5 Å². The lowest BCUT2D eigenvalue weighted by molar-refractivity contribution is -0.123. The molecule has 2 N–H and O–H groups in total. The molecule has 0 aliphatic rings. The lowest BCUT2D eigenvalue weighted by Crippen LogP contribution is -2.29. The molecule has 1 heterocycles. The Morgan fingerprint density at radius 2 is 1.71 bits per heavy atom. The molecule has 6 heteroatoms. The highest BCUT2D eigenvalue weighted by Gasteiger charge is 2.18. The standard InChI is InChI=1S/C25H27N3O3/c1-25(2,3)21-9-4-5-10-22(21)31-17-23(29)27-16-18-7-6-8-20(15-18)28-24(30)19-11-13-26-14-12-19/h4-15H,16-17H2,1-3H3,(H,27,29)(H,28,30). The summed E-state index contributed by atoms with van der Waals surface area (Å²) in [6.45, 7) is 6.59. The molecule has 0 fully saturated rings. The quantitative estimate of drug-likeness (QED) is 0.600. The minimum atomic E-state index is -0.213. The average Bonchev–Trinajstić information content (AvgIpc) is 2.76. The fourth-order valence-electron chi connectivity index (χ4n) is 3.07. The molecular formula is C25H27N3O3. The molecule has 160 valence electrons. The Morgan fingerprint density at radius 1 is 0.968 bits per heavy atom. The van der Waals surface area contributed by atoms with Gasteiger partial charge in [0.25, 0.3) is 11.8 Å². The number of ether oxygens (including phenoxy) is 1. The van der Waals surface area contributed by atoms with Gasteiger partial charge in [-0.3, -0.25) is 14.6 Å². The van der Waals surface area contributed by atoms with Crippen molar-refractivity contribution in [1.29, 1.82) is 0 Å². The van der Waals surface area contributed by atoms with E-state index in [0.717, 1.165) is 11.1 Å². The summed E-state index contributed by atoms with van der Waals surface area (Å²) in [6.07, 6.45) is 3.14. The summed E-state index contributed by atoms with van der Waals surface area (Å²) in [5, 5.41) is 5.70. The minimum Gasteiger partial charge on any atom is -0.483 e. The molecule has 0 saturated heterocycles. The second-order valence-electron chi connectivity index (χ2n) is 8.20. The monoisotopic (exact) mass is 417 g/mol. The summed E-state index contributed by atoms with van der Waals surface area (Å²) < 4.78 is 5.77. The fourth-order valence-corrected chi connectivity index (χ4v) is 3.07. The van der Waals surface area contributed by atoms with Crippen LogP contribution in [0.1, 0.15) is 42.3 Å². The smallest absolute Gasteiger partial charge is 0.258 e. The van der Waals surface area contributed by atoms with Gasteiger partial charge in [0, 0.05) is 30.2 Å². The van der Waals surface area contributed by atoms with Crippen LogP contribution in [0.2, 0.25) is 0 Å². The maximum Gasteiger partial charge on any atom is 0.258 e. The maximum absolute atomic E-state index is 12.3. The number of nitrogens with one attached hydrogen (secondary N) is 2. The lowest BCUT2D eigenvalue weighted by Gasteiger charge is -2.22. The first-order valence-electron chi connectivity index (χ1n) is 10.1. The number of benzene rings is 2. The van der Waals surface area contributed by atoms with Gasteiger partial charge in [0.05, 0.1) is 0 Å². The van der Waals surface area contributed by atoms with Crippen molar-refractivity contribution in [2.24, 2.45) is 0 Å². The number of carbonyl (C=O) groups is 2. The van der Waals surface area contributed by atoms with E-state index in [4.69, 9.17) is 4.74 Å². The van der Waals surface area contributed by atoms with Crippen molar-refractivity contribution in [3.8, 4) is 5.75 Å². The minimum absolute atomic E-state index is 0.0639. The van der Waals surface area contributed by atoms with Gasteiger partial charge < -0.3 is 15.4 Å². The highest BCUT2D eigenvalue weighted by molar-refractivity contribution is 6.04. The van der Waals surface area contributed by atoms with Crippen molar-refractivity contribution in [1.82, 2.24) is 10.3 Å². The average molecular weight is 418 g/mol. The summed E-state index contributed by atoms with van der Waals surface area (Å²) in [5.74, 6) is 0.287. The third kappa shape index (κ3) is 6.40. The third-order valence-corrected chi connectivity index (χ3v) is 4.67. The van der Waals surface area contributed by atoms with Crippen LogP contribution in [0.3, 0.4) is 0 Å². The van der Waals surface area contributed by atoms with Gasteiger partial charge in [-0.15, -0.1) is 0 Å². The number of nitrogens with zero attached hydrogens (tertiary/aromatic N) is 1. The van der Waals surface area contributed by atoms with E-state index in [9.17, 15) is 9.59 Å². The molecule has 0 saturated carbocycles. The summed E-state index contributed by atoms with van der Waals surface area (Å²) >= 11 is 0. The summed E-state index contributed by atoms with van der Waals surface area (Å²) in [5.41, 5.74) is 3.04. The molecule has 6 nitrogen and oxygen atoms in total. The van der Waals surface area contributed by atoms with Crippen molar-refractivity contribution in [3.05, 3.63) is 89.7 Å². The van der Waals surface area contributed by atoms with Gasteiger partial charge in [-0.2, -0.15) is 0 Å². The van der Waals surface area contributed by atoms with Gasteiger partial charge in [0.15, 0.2) is 6.61 Å². The van der Waals surface area contributed by atoms with Crippen LogP contribution < -0.4 is 15.4 Å². The Bertz CT molecular complexity index is 1040. The summed E-state index contributed by atoms with van der Waals surface area (Å²) in [7, 11) is 0. The van der Waals surface area contributed by atoms with Gasteiger partial charge in [-0.1, -0.05) is 51.1 Å². The van der Waals surface area contributed by atoms with E-state index < -0.39 is 0 Å². The molecule has 31 heavy (non-hydrogen) atoms. The number of anilines is 1. The lowest BCUT2D eigenvalue weighted by atomic mass is 9.86. The van der Waals surface area contributed by atoms with Crippen LogP contribution in [-0.2, 0) is 16.8 Å². The van der Waals surface area contributed by atoms with Gasteiger partial charge in [0.2, 0.25) is 0 Å². The molecule has 0 spiro atoms. The zero-order chi connectivity index (χ0) is 22.3. The number of rotatable bonds is 7. The molecule has 2 aromatic carbocycles. The molecule has 3 aromatic rings. The fraction of sp³-hybridized carbons (Fsp3) is 0.240. The number of aromatic nitrogens is 1. The number of hydrogen-bond donors (Lipinski definition) is 2. The van der Waals surface area contributed by atoms with Crippen LogP contribution in [0.5, 0.6) is 5.75 Å². The zero-order valence-corrected chi connectivity index (χ0v) is 18.0. The van der Waals surface area contributed by atoms with Gasteiger partial charge in [0.1, 0.15) is 5.75 Å². The molecule has 0 aliphatic heterocycles. The van der Waals surface area contributed by atoms with Crippen molar-refractivity contribution in [3.63, 3.8) is 0 Å². The molecule has 0 atom stereocenters. The topological polar surface area (TPSA) is 80.3 Å². The highest BCUT2D eigenvalue weighted by Crippen LogP contribution is 2.30. The Kier molecular flexibility index (Phi) is 7.03. The van der Waals surface area contributed by atoms with Gasteiger partial charge in [-0.05, 0) is 46.9 Å². The largest absolute Gasteiger partial charge is 0.483 e. The Balaban J connectivity index is 1.53. The van der Waals surface area contributed by atoms with Gasteiger partial charge in [-0.25, -0.2) is 0 Å². The number of hydrogen-bond acceptors (Lipinski definition) is 4. The predicted molar refractivity (Wildman–Crippen MR) is 121 cm³/mol. The Labute approximate surface area is 182 Å². The molecule has 3 rings (SSSR count). The molecule has 1 aromatic heterocycles. The van der Waals surface area contributed by atoms with Crippen LogP contribution in [0.15, 0.2) is 73.1 Å². The van der Waals surface area contributed by atoms with E-state index in [-0.39, 0.29) is 23.8 Å². The van der Waals surface area contributed by atoms with Crippen LogP contribution >= 0.6 is 0 Å². The first kappa shape index (κ1) is 22.0. The van der Waals surface area contributed by atoms with Crippen LogP contribution in [0.4, 0.5) is 5.69 Å². The summed E-state index contributed by atoms with van der Waals surface area (Å²) in [4.78, 5) is 28.5. The second-order valence-corrected chi connectivity index (χ2v) is 8.20. The first-order chi connectivity index (χ1) is 14.8. The van der Waals surface area contributed by atoms with Crippen molar-refractivity contribution < 1.29 is 14.3 Å². The second kappa shape index (κ2) is 9.89. The van der Waals surface area contributed by atoms with Crippen molar-refractivity contribution in [2.75, 3.05) is 11.9 Å². The first-order valence-corrected chi connectivity index (χ1v) is 10.1. The number of pyridine rings is 1. The van der Waals surface area contributed by atoms with E-state index in [1.54, 1.807) is 30.6 Å². The third-order valence-electron chi connectivity index (χ3n) is 4.67. The maximum atomic E-state index is 12.3. The van der Waals surface area contributed by atoms with E-state index >= 15 is 0 Å². The molecule has 2 amide bonds. The SMILES string of the molecule is CC(C)(C)c1ccccc1OCC(=O)NCc1cccc(NC(=O)c2ccncc2)c1. The van der Waals surface area contributed by atoms with Crippen molar-refractivity contribution in [2.45, 2.75) is 32.7 Å². The van der Waals surface area contributed by atoms with Crippen LogP contribution in [-0.4, -0.2) is 23.4 Å². The normalized spacial score (nSPS) is 10.9. The predicted octanol–water partition coefficient (Wildman–Crippen LogP) is 4.33. The highest BCUT2D eigenvalue weighted by atomic mass is 16.5. The molecule has 0 bridgehead atoms. The molecule has 0 unspecified atom stereocenters. The van der Waals surface area contributed by atoms with E-state index in [2.05, 4.69) is 36.4 Å². The van der Waals surface area contributed by atoms with E-state index in [1.807, 2.05) is 42.5 Å².